The predicted octanol–water partition coefficient (Wildman–Crippen LogP) is 5.81. The summed E-state index contributed by atoms with van der Waals surface area (Å²) in [5, 5.41) is 0.661. The minimum absolute atomic E-state index is 0.194. The third kappa shape index (κ3) is 3.93. The molecular formula is C22H16BrFN2O2S. The number of carbonyl (C=O) groups is 2. The van der Waals surface area contributed by atoms with Crippen LogP contribution in [0.25, 0.3) is 17.0 Å². The van der Waals surface area contributed by atoms with Gasteiger partial charge in [-0.05, 0) is 53.7 Å². The van der Waals surface area contributed by atoms with Gasteiger partial charge >= 0.3 is 0 Å². The summed E-state index contributed by atoms with van der Waals surface area (Å²) in [5.74, 6) is -0.583. The maximum atomic E-state index is 13.2. The van der Waals surface area contributed by atoms with Gasteiger partial charge in [-0.25, -0.2) is 4.39 Å². The number of halogens is 2. The number of carbonyl (C=O) groups excluding carboxylic acids is 2. The molecule has 0 aliphatic carbocycles. The predicted molar refractivity (Wildman–Crippen MR) is 118 cm³/mol. The van der Waals surface area contributed by atoms with Crippen molar-refractivity contribution in [3.8, 4) is 0 Å². The summed E-state index contributed by atoms with van der Waals surface area (Å²) >= 11 is 4.43. The molecule has 29 heavy (non-hydrogen) atoms. The van der Waals surface area contributed by atoms with E-state index in [0.29, 0.717) is 11.4 Å². The number of hydrogen-bond donors (Lipinski definition) is 0. The highest BCUT2D eigenvalue weighted by Gasteiger charge is 2.34. The highest BCUT2D eigenvalue weighted by atomic mass is 79.9. The molecule has 0 N–H and O–H groups in total. The van der Waals surface area contributed by atoms with Crippen molar-refractivity contribution < 1.29 is 14.0 Å². The Morgan fingerprint density at radius 3 is 2.62 bits per heavy atom. The average Bonchev–Trinajstić information content (AvgIpc) is 3.16. The molecule has 1 aromatic heterocycles. The summed E-state index contributed by atoms with van der Waals surface area (Å²) in [7, 11) is 0. The second-order valence-electron chi connectivity index (χ2n) is 6.58. The number of amides is 2. The van der Waals surface area contributed by atoms with Gasteiger partial charge in [0.15, 0.2) is 0 Å². The fraction of sp³-hybridized carbons (Fsp3) is 0.0909. The molecule has 1 fully saturated rings. The average molecular weight is 471 g/mol. The Bertz CT molecular complexity index is 1170. The highest BCUT2D eigenvalue weighted by Crippen LogP contribution is 2.35. The van der Waals surface area contributed by atoms with E-state index >= 15 is 0 Å². The van der Waals surface area contributed by atoms with Crippen molar-refractivity contribution in [2.24, 2.45) is 0 Å². The summed E-state index contributed by atoms with van der Waals surface area (Å²) in [5.41, 5.74) is 2.78. The van der Waals surface area contributed by atoms with Crippen LogP contribution < -0.4 is 0 Å². The second kappa shape index (κ2) is 8.00. The van der Waals surface area contributed by atoms with Crippen LogP contribution in [0.15, 0.2) is 70.7 Å². The van der Waals surface area contributed by atoms with Gasteiger partial charge in [0.2, 0.25) is 0 Å². The molecule has 4 rings (SSSR count). The molecule has 1 saturated heterocycles. The van der Waals surface area contributed by atoms with E-state index in [-0.39, 0.29) is 23.5 Å². The second-order valence-corrected chi connectivity index (χ2v) is 8.49. The van der Waals surface area contributed by atoms with E-state index < -0.39 is 0 Å². The monoisotopic (exact) mass is 470 g/mol. The molecule has 1 aliphatic heterocycles. The van der Waals surface area contributed by atoms with E-state index in [0.717, 1.165) is 38.3 Å². The zero-order valence-electron chi connectivity index (χ0n) is 15.3. The lowest BCUT2D eigenvalue weighted by Gasteiger charge is -2.07. The Kier molecular flexibility index (Phi) is 5.43. The van der Waals surface area contributed by atoms with E-state index in [9.17, 15) is 14.0 Å². The SMILES string of the molecule is C=CCN1C(=O)S/C(=C\c2cn(Cc3ccc(F)cc3)c3ccc(Br)cc23)C1=O. The standard InChI is InChI=1S/C22H16BrFN2O2S/c1-2-9-26-21(27)20(29-22(26)28)10-15-13-25(12-14-3-6-17(24)7-4-14)19-8-5-16(23)11-18(15)19/h2-8,10-11,13H,1,9,12H2/b20-10-. The van der Waals surface area contributed by atoms with Gasteiger partial charge in [0.25, 0.3) is 11.1 Å². The van der Waals surface area contributed by atoms with E-state index in [1.165, 1.54) is 23.1 Å². The van der Waals surface area contributed by atoms with E-state index in [1.807, 2.05) is 24.4 Å². The zero-order chi connectivity index (χ0) is 20.5. The Labute approximate surface area is 179 Å². The lowest BCUT2D eigenvalue weighted by molar-refractivity contribution is -0.122. The van der Waals surface area contributed by atoms with Crippen LogP contribution in [-0.4, -0.2) is 27.2 Å². The number of benzene rings is 2. The van der Waals surface area contributed by atoms with E-state index in [2.05, 4.69) is 27.1 Å². The van der Waals surface area contributed by atoms with Gasteiger partial charge < -0.3 is 4.57 Å². The molecular weight excluding hydrogens is 455 g/mol. The van der Waals surface area contributed by atoms with Crippen molar-refractivity contribution in [3.63, 3.8) is 0 Å². The molecule has 0 bridgehead atoms. The van der Waals surface area contributed by atoms with Crippen LogP contribution in [0.3, 0.4) is 0 Å². The summed E-state index contributed by atoms with van der Waals surface area (Å²) in [6.07, 6.45) is 5.23. The highest BCUT2D eigenvalue weighted by molar-refractivity contribution is 9.10. The maximum Gasteiger partial charge on any atom is 0.293 e. The molecule has 0 atom stereocenters. The molecule has 2 aromatic carbocycles. The third-order valence-electron chi connectivity index (χ3n) is 4.61. The fourth-order valence-electron chi connectivity index (χ4n) is 3.26. The first-order valence-corrected chi connectivity index (χ1v) is 10.5. The molecule has 3 aromatic rings. The Morgan fingerprint density at radius 2 is 1.90 bits per heavy atom. The molecule has 146 valence electrons. The molecule has 4 nitrogen and oxygen atoms in total. The van der Waals surface area contributed by atoms with Crippen molar-refractivity contribution in [3.05, 3.63) is 87.6 Å². The quantitative estimate of drug-likeness (QED) is 0.348. The molecule has 0 unspecified atom stereocenters. The number of rotatable bonds is 5. The normalized spacial score (nSPS) is 15.7. The minimum Gasteiger partial charge on any atom is -0.342 e. The number of fused-ring (bicyclic) bond motifs is 1. The number of hydrogen-bond acceptors (Lipinski definition) is 3. The number of thioether (sulfide) groups is 1. The molecule has 2 amide bonds. The van der Waals surface area contributed by atoms with Crippen LogP contribution >= 0.6 is 27.7 Å². The first-order chi connectivity index (χ1) is 14.0. The third-order valence-corrected chi connectivity index (χ3v) is 6.01. The minimum atomic E-state index is -0.311. The van der Waals surface area contributed by atoms with Crippen LogP contribution in [0.5, 0.6) is 0 Å². The van der Waals surface area contributed by atoms with Crippen molar-refractivity contribution in [1.29, 1.82) is 0 Å². The summed E-state index contributed by atoms with van der Waals surface area (Å²) in [4.78, 5) is 26.2. The largest absolute Gasteiger partial charge is 0.342 e. The molecule has 0 radical (unpaired) electrons. The van der Waals surface area contributed by atoms with Crippen LogP contribution in [-0.2, 0) is 11.3 Å². The van der Waals surface area contributed by atoms with Crippen LogP contribution in [0.1, 0.15) is 11.1 Å². The van der Waals surface area contributed by atoms with Crippen molar-refractivity contribution >= 4 is 55.8 Å². The first kappa shape index (κ1) is 19.7. The molecule has 7 heteroatoms. The smallest absolute Gasteiger partial charge is 0.293 e. The van der Waals surface area contributed by atoms with Gasteiger partial charge in [-0.2, -0.15) is 0 Å². The number of imide groups is 1. The summed E-state index contributed by atoms with van der Waals surface area (Å²) in [6, 6.07) is 12.3. The van der Waals surface area contributed by atoms with Gasteiger partial charge in [0.1, 0.15) is 5.82 Å². The maximum absolute atomic E-state index is 13.2. The van der Waals surface area contributed by atoms with Crippen LogP contribution in [0.4, 0.5) is 9.18 Å². The van der Waals surface area contributed by atoms with E-state index in [4.69, 9.17) is 0 Å². The van der Waals surface area contributed by atoms with Gasteiger partial charge in [-0.3, -0.25) is 14.5 Å². The topological polar surface area (TPSA) is 42.3 Å². The van der Waals surface area contributed by atoms with Gasteiger partial charge in [0, 0.05) is 40.2 Å². The first-order valence-electron chi connectivity index (χ1n) is 8.85. The lowest BCUT2D eigenvalue weighted by Crippen LogP contribution is -2.27. The number of nitrogens with zero attached hydrogens (tertiary/aromatic N) is 2. The summed E-state index contributed by atoms with van der Waals surface area (Å²) in [6.45, 7) is 4.35. The Morgan fingerprint density at radius 1 is 1.14 bits per heavy atom. The van der Waals surface area contributed by atoms with Crippen molar-refractivity contribution in [2.75, 3.05) is 6.54 Å². The zero-order valence-corrected chi connectivity index (χ0v) is 17.7. The fourth-order valence-corrected chi connectivity index (χ4v) is 4.46. The Hall–Kier alpha value is -2.64. The van der Waals surface area contributed by atoms with Gasteiger partial charge in [0.05, 0.1) is 4.91 Å². The molecule has 0 saturated carbocycles. The van der Waals surface area contributed by atoms with Crippen molar-refractivity contribution in [1.82, 2.24) is 9.47 Å². The van der Waals surface area contributed by atoms with Crippen LogP contribution in [0.2, 0.25) is 0 Å². The molecule has 0 spiro atoms. The summed E-state index contributed by atoms with van der Waals surface area (Å²) < 4.78 is 16.2. The van der Waals surface area contributed by atoms with Gasteiger partial charge in [-0.1, -0.05) is 34.1 Å². The van der Waals surface area contributed by atoms with Gasteiger partial charge in [-0.15, -0.1) is 6.58 Å². The number of aromatic nitrogens is 1. The lowest BCUT2D eigenvalue weighted by atomic mass is 10.1. The van der Waals surface area contributed by atoms with E-state index in [1.54, 1.807) is 18.2 Å². The Balaban J connectivity index is 1.76. The molecule has 2 heterocycles. The van der Waals surface area contributed by atoms with Crippen LogP contribution in [0, 0.1) is 5.82 Å². The molecule has 1 aliphatic rings. The van der Waals surface area contributed by atoms with Crippen molar-refractivity contribution in [2.45, 2.75) is 6.54 Å².